The van der Waals surface area contributed by atoms with Crippen LogP contribution in [0.3, 0.4) is 0 Å². The highest BCUT2D eigenvalue weighted by atomic mass is 35.5. The molecule has 0 bridgehead atoms. The minimum atomic E-state index is 0.0700. The molecule has 0 saturated carbocycles. The van der Waals surface area contributed by atoms with Gasteiger partial charge in [-0.25, -0.2) is 0 Å². The topological polar surface area (TPSA) is 60.9 Å². The van der Waals surface area contributed by atoms with Gasteiger partial charge in [0.25, 0.3) is 0 Å². The second kappa shape index (κ2) is 7.23. The number of ketones is 1. The number of hydrogen-bond donors (Lipinski definition) is 1. The first kappa shape index (κ1) is 17.2. The summed E-state index contributed by atoms with van der Waals surface area (Å²) in [5.41, 5.74) is 6.37. The number of carbonyl (C=O) groups excluding carboxylic acids is 1. The summed E-state index contributed by atoms with van der Waals surface area (Å²) < 4.78 is 1.67. The summed E-state index contributed by atoms with van der Waals surface area (Å²) in [5, 5.41) is 4.56. The molecule has 0 radical (unpaired) electrons. The van der Waals surface area contributed by atoms with E-state index in [1.807, 2.05) is 6.92 Å². The smallest absolute Gasteiger partial charge is 0.182 e. The molecule has 114 valence electrons. The first-order valence-electron chi connectivity index (χ1n) is 7.25. The average Bonchev–Trinajstić information content (AvgIpc) is 2.73. The number of Topliss-reactive ketones (excluding diaryl/α,β-unsaturated/α-hetero) is 1. The van der Waals surface area contributed by atoms with E-state index in [-0.39, 0.29) is 11.2 Å². The Morgan fingerprint density at radius 3 is 2.60 bits per heavy atom. The zero-order valence-corrected chi connectivity index (χ0v) is 13.7. The Bertz CT molecular complexity index is 448. The van der Waals surface area contributed by atoms with E-state index in [0.717, 1.165) is 12.8 Å². The van der Waals surface area contributed by atoms with E-state index in [1.54, 1.807) is 10.9 Å². The molecular weight excluding hydrogens is 274 g/mol. The third-order valence-electron chi connectivity index (χ3n) is 3.82. The van der Waals surface area contributed by atoms with E-state index in [0.29, 0.717) is 36.1 Å². The largest absolute Gasteiger partial charge is 0.330 e. The van der Waals surface area contributed by atoms with Crippen molar-refractivity contribution in [3.05, 3.63) is 16.9 Å². The normalized spacial score (nSPS) is 13.5. The van der Waals surface area contributed by atoms with Gasteiger partial charge in [-0.3, -0.25) is 9.48 Å². The van der Waals surface area contributed by atoms with Crippen LogP contribution in [0.5, 0.6) is 0 Å². The Morgan fingerprint density at radius 1 is 1.45 bits per heavy atom. The lowest BCUT2D eigenvalue weighted by Crippen LogP contribution is -2.24. The van der Waals surface area contributed by atoms with Gasteiger partial charge in [-0.2, -0.15) is 5.10 Å². The first-order chi connectivity index (χ1) is 9.31. The fourth-order valence-electron chi connectivity index (χ4n) is 2.51. The van der Waals surface area contributed by atoms with Crippen molar-refractivity contribution in [3.63, 3.8) is 0 Å². The maximum absolute atomic E-state index is 12.4. The number of nitrogens with zero attached hydrogens (tertiary/aromatic N) is 2. The number of nitrogens with two attached hydrogens (primary N) is 1. The molecule has 20 heavy (non-hydrogen) atoms. The van der Waals surface area contributed by atoms with E-state index in [2.05, 4.69) is 25.9 Å². The van der Waals surface area contributed by atoms with E-state index in [1.165, 1.54) is 0 Å². The predicted octanol–water partition coefficient (Wildman–Crippen LogP) is 3.53. The molecule has 1 unspecified atom stereocenters. The summed E-state index contributed by atoms with van der Waals surface area (Å²) in [6.45, 7) is 9.85. The van der Waals surface area contributed by atoms with Gasteiger partial charge in [0.1, 0.15) is 5.69 Å². The highest BCUT2D eigenvalue weighted by Gasteiger charge is 2.25. The van der Waals surface area contributed by atoms with Crippen LogP contribution in [0.4, 0.5) is 0 Å². The summed E-state index contributed by atoms with van der Waals surface area (Å²) in [6, 6.07) is 0. The maximum atomic E-state index is 12.4. The van der Waals surface area contributed by atoms with Crippen LogP contribution in [-0.4, -0.2) is 22.1 Å². The first-order valence-corrected chi connectivity index (χ1v) is 7.63. The van der Waals surface area contributed by atoms with Crippen molar-refractivity contribution in [1.82, 2.24) is 9.78 Å². The summed E-state index contributed by atoms with van der Waals surface area (Å²) in [7, 11) is 0. The Hall–Kier alpha value is -0.870. The molecule has 1 aromatic heterocycles. The van der Waals surface area contributed by atoms with Gasteiger partial charge >= 0.3 is 0 Å². The van der Waals surface area contributed by atoms with E-state index >= 15 is 0 Å². The standard InChI is InChI=1S/C15H26ClN3O/c1-5-19-14(12(16)10-18-19)13(20)7-6-11(8-9-17)15(2,3)4/h10-11H,5-9,17H2,1-4H3. The van der Waals surface area contributed by atoms with Gasteiger partial charge in [-0.15, -0.1) is 0 Å². The zero-order valence-electron chi connectivity index (χ0n) is 12.9. The average molecular weight is 300 g/mol. The van der Waals surface area contributed by atoms with Gasteiger partial charge < -0.3 is 5.73 Å². The quantitative estimate of drug-likeness (QED) is 0.784. The third-order valence-corrected chi connectivity index (χ3v) is 4.09. The van der Waals surface area contributed by atoms with Crippen LogP contribution in [0.1, 0.15) is 57.4 Å². The van der Waals surface area contributed by atoms with Crippen molar-refractivity contribution in [2.45, 2.75) is 53.5 Å². The van der Waals surface area contributed by atoms with Crippen molar-refractivity contribution in [1.29, 1.82) is 0 Å². The molecule has 0 fully saturated rings. The molecule has 1 atom stereocenters. The third kappa shape index (κ3) is 4.32. The van der Waals surface area contributed by atoms with Crippen LogP contribution >= 0.6 is 11.6 Å². The van der Waals surface area contributed by atoms with Crippen LogP contribution in [0.15, 0.2) is 6.20 Å². The van der Waals surface area contributed by atoms with Gasteiger partial charge in [0.2, 0.25) is 0 Å². The highest BCUT2D eigenvalue weighted by molar-refractivity contribution is 6.33. The van der Waals surface area contributed by atoms with Crippen LogP contribution in [0.2, 0.25) is 5.02 Å². The molecule has 5 heteroatoms. The van der Waals surface area contributed by atoms with Gasteiger partial charge in [-0.05, 0) is 37.6 Å². The number of rotatable bonds is 7. The Morgan fingerprint density at radius 2 is 2.10 bits per heavy atom. The number of aromatic nitrogens is 2. The molecule has 0 aliphatic rings. The second-order valence-electron chi connectivity index (χ2n) is 6.26. The van der Waals surface area contributed by atoms with Crippen LogP contribution < -0.4 is 5.73 Å². The summed E-state index contributed by atoms with van der Waals surface area (Å²) >= 11 is 6.06. The summed E-state index contributed by atoms with van der Waals surface area (Å²) in [5.74, 6) is 0.508. The Balaban J connectivity index is 2.73. The highest BCUT2D eigenvalue weighted by Crippen LogP contribution is 2.32. The molecule has 0 amide bonds. The SMILES string of the molecule is CCn1ncc(Cl)c1C(=O)CCC(CCN)C(C)(C)C. The lowest BCUT2D eigenvalue weighted by Gasteiger charge is -2.30. The molecule has 0 spiro atoms. The van der Waals surface area contributed by atoms with Crippen molar-refractivity contribution in [2.24, 2.45) is 17.1 Å². The van der Waals surface area contributed by atoms with E-state index < -0.39 is 0 Å². The molecule has 1 heterocycles. The van der Waals surface area contributed by atoms with Crippen molar-refractivity contribution < 1.29 is 4.79 Å². The predicted molar refractivity (Wildman–Crippen MR) is 83.1 cm³/mol. The van der Waals surface area contributed by atoms with E-state index in [4.69, 9.17) is 17.3 Å². The van der Waals surface area contributed by atoms with Gasteiger partial charge in [0.05, 0.1) is 11.2 Å². The molecule has 1 aromatic rings. The van der Waals surface area contributed by atoms with Crippen LogP contribution in [-0.2, 0) is 6.54 Å². The van der Waals surface area contributed by atoms with Gasteiger partial charge in [-0.1, -0.05) is 32.4 Å². The van der Waals surface area contributed by atoms with Crippen LogP contribution in [0.25, 0.3) is 0 Å². The summed E-state index contributed by atoms with van der Waals surface area (Å²) in [4.78, 5) is 12.4. The maximum Gasteiger partial charge on any atom is 0.182 e. The minimum Gasteiger partial charge on any atom is -0.330 e. The fraction of sp³-hybridized carbons (Fsp3) is 0.733. The fourth-order valence-corrected chi connectivity index (χ4v) is 2.76. The van der Waals surface area contributed by atoms with Gasteiger partial charge in [0, 0.05) is 13.0 Å². The minimum absolute atomic E-state index is 0.0700. The molecule has 0 aliphatic heterocycles. The number of hydrogen-bond acceptors (Lipinski definition) is 3. The number of carbonyl (C=O) groups is 1. The van der Waals surface area contributed by atoms with Gasteiger partial charge in [0.15, 0.2) is 5.78 Å². The summed E-state index contributed by atoms with van der Waals surface area (Å²) in [6.07, 6.45) is 3.81. The van der Waals surface area contributed by atoms with Crippen molar-refractivity contribution >= 4 is 17.4 Å². The van der Waals surface area contributed by atoms with E-state index in [9.17, 15) is 4.79 Å². The number of aryl methyl sites for hydroxylation is 1. The monoisotopic (exact) mass is 299 g/mol. The van der Waals surface area contributed by atoms with Crippen LogP contribution in [0, 0.1) is 11.3 Å². The Labute approximate surface area is 126 Å². The molecule has 0 aromatic carbocycles. The molecule has 4 nitrogen and oxygen atoms in total. The lowest BCUT2D eigenvalue weighted by molar-refractivity contribution is 0.0947. The number of halogens is 1. The van der Waals surface area contributed by atoms with Crippen molar-refractivity contribution in [3.8, 4) is 0 Å². The Kier molecular flexibility index (Phi) is 6.21. The zero-order chi connectivity index (χ0) is 15.3. The second-order valence-corrected chi connectivity index (χ2v) is 6.67. The molecule has 0 aliphatic carbocycles. The van der Waals surface area contributed by atoms with Crippen molar-refractivity contribution in [2.75, 3.05) is 6.54 Å². The molecule has 1 rings (SSSR count). The molecule has 2 N–H and O–H groups in total. The lowest BCUT2D eigenvalue weighted by atomic mass is 9.76. The molecule has 0 saturated heterocycles. The molecular formula is C15H26ClN3O.